The molecular formula is C45H48ClF2N7O6. The minimum Gasteiger partial charge on any atom is -0.489 e. The molecule has 8 rings (SSSR count). The number of carbonyl (C=O) groups excluding carboxylic acids is 5. The summed E-state index contributed by atoms with van der Waals surface area (Å²) in [5.41, 5.74) is 0.214. The lowest BCUT2D eigenvalue weighted by molar-refractivity contribution is -0.164. The van der Waals surface area contributed by atoms with Crippen molar-refractivity contribution in [2.75, 3.05) is 55.6 Å². The van der Waals surface area contributed by atoms with Crippen LogP contribution in [0.1, 0.15) is 90.0 Å². The third kappa shape index (κ3) is 7.69. The van der Waals surface area contributed by atoms with E-state index in [9.17, 15) is 29.2 Å². The molecular weight excluding hydrogens is 808 g/mol. The van der Waals surface area contributed by atoms with Crippen molar-refractivity contribution in [2.45, 2.75) is 71.6 Å². The first-order valence-corrected chi connectivity index (χ1v) is 21.1. The van der Waals surface area contributed by atoms with Gasteiger partial charge in [-0.25, -0.2) is 8.78 Å². The van der Waals surface area contributed by atoms with Crippen molar-refractivity contribution in [2.24, 2.45) is 16.7 Å². The summed E-state index contributed by atoms with van der Waals surface area (Å²) in [5, 5.41) is 14.6. The van der Waals surface area contributed by atoms with Crippen LogP contribution in [0.4, 0.5) is 20.2 Å². The van der Waals surface area contributed by atoms with Gasteiger partial charge in [-0.3, -0.25) is 39.1 Å². The Labute approximate surface area is 357 Å². The van der Waals surface area contributed by atoms with E-state index >= 15 is 8.78 Å². The van der Waals surface area contributed by atoms with E-state index in [4.69, 9.17) is 16.3 Å². The standard InChI is InChI=1S/C45H48ClF2N7O6/c1-44(2)42(45(3,4)43(44)61-29-7-5-26(23-49)32(46)22-29)51-39(58)37-33(47)20-28(21-34(37)48)53-13-11-25(12-14-53)24-52-15-17-54(18-16-52)27-6-8-30-31(19-27)41(60)55(40(30)59)35-9-10-36(56)50-38(35)57/h5-8,19-22,25,35,42-43H,9-18,24H2,1-4H3,(H,51,58)(H,50,56,57)/t35?,42-,43-. The summed E-state index contributed by atoms with van der Waals surface area (Å²) in [6.45, 7) is 12.8. The number of nitrogens with zero attached hydrogens (tertiary/aromatic N) is 5. The highest BCUT2D eigenvalue weighted by Crippen LogP contribution is 2.55. The van der Waals surface area contributed by atoms with Gasteiger partial charge in [-0.05, 0) is 67.6 Å². The monoisotopic (exact) mass is 855 g/mol. The molecule has 1 atom stereocenters. The third-order valence-corrected chi connectivity index (χ3v) is 13.7. The van der Waals surface area contributed by atoms with Gasteiger partial charge in [0.1, 0.15) is 41.2 Å². The van der Waals surface area contributed by atoms with Gasteiger partial charge in [0, 0.05) is 86.5 Å². The summed E-state index contributed by atoms with van der Waals surface area (Å²) in [7, 11) is 0. The fraction of sp³-hybridized carbons (Fsp3) is 0.467. The molecule has 0 bridgehead atoms. The number of carbonyl (C=O) groups is 5. The molecule has 5 aliphatic rings. The summed E-state index contributed by atoms with van der Waals surface area (Å²) in [6, 6.07) is 13.0. The number of nitriles is 1. The third-order valence-electron chi connectivity index (χ3n) is 13.3. The Morgan fingerprint density at radius 2 is 1.49 bits per heavy atom. The second-order valence-electron chi connectivity index (χ2n) is 18.0. The van der Waals surface area contributed by atoms with Crippen LogP contribution in [-0.2, 0) is 9.59 Å². The van der Waals surface area contributed by atoms with E-state index in [0.717, 1.165) is 43.1 Å². The van der Waals surface area contributed by atoms with Gasteiger partial charge in [0.15, 0.2) is 0 Å². The summed E-state index contributed by atoms with van der Waals surface area (Å²) < 4.78 is 37.6. The lowest BCUT2D eigenvalue weighted by atomic mass is 9.49. The molecule has 5 amide bonds. The molecule has 13 nitrogen and oxygen atoms in total. The second-order valence-corrected chi connectivity index (χ2v) is 18.4. The van der Waals surface area contributed by atoms with E-state index in [-0.39, 0.29) is 35.1 Å². The Morgan fingerprint density at radius 3 is 2.11 bits per heavy atom. The molecule has 320 valence electrons. The minimum atomic E-state index is -1.01. The zero-order valence-electron chi connectivity index (χ0n) is 34.5. The van der Waals surface area contributed by atoms with Crippen LogP contribution in [-0.4, -0.2) is 103 Å². The van der Waals surface area contributed by atoms with Crippen LogP contribution >= 0.6 is 11.6 Å². The molecule has 4 fully saturated rings. The minimum absolute atomic E-state index is 0.0624. The van der Waals surface area contributed by atoms with Crippen molar-refractivity contribution in [3.05, 3.63) is 87.4 Å². The number of ether oxygens (including phenoxy) is 1. The maximum absolute atomic E-state index is 15.6. The van der Waals surface area contributed by atoms with E-state index < -0.39 is 69.6 Å². The molecule has 1 aliphatic carbocycles. The normalized spacial score (nSPS) is 23.9. The van der Waals surface area contributed by atoms with Gasteiger partial charge < -0.3 is 19.9 Å². The van der Waals surface area contributed by atoms with Crippen LogP contribution in [0.25, 0.3) is 0 Å². The Hall–Kier alpha value is -5.59. The van der Waals surface area contributed by atoms with Crippen LogP contribution in [0.5, 0.6) is 5.75 Å². The number of fused-ring (bicyclic) bond motifs is 1. The first-order valence-electron chi connectivity index (χ1n) is 20.7. The van der Waals surface area contributed by atoms with Crippen molar-refractivity contribution < 1.29 is 37.5 Å². The predicted molar refractivity (Wildman–Crippen MR) is 222 cm³/mol. The molecule has 61 heavy (non-hydrogen) atoms. The maximum atomic E-state index is 15.6. The molecule has 3 saturated heterocycles. The first-order chi connectivity index (χ1) is 29.0. The van der Waals surface area contributed by atoms with Crippen molar-refractivity contribution in [3.63, 3.8) is 0 Å². The van der Waals surface area contributed by atoms with Crippen molar-refractivity contribution >= 4 is 52.5 Å². The largest absolute Gasteiger partial charge is 0.489 e. The molecule has 0 radical (unpaired) electrons. The molecule has 2 N–H and O–H groups in total. The van der Waals surface area contributed by atoms with Gasteiger partial charge in [0.25, 0.3) is 17.7 Å². The number of piperazine rings is 1. The smallest absolute Gasteiger partial charge is 0.262 e. The average molecular weight is 856 g/mol. The Morgan fingerprint density at radius 1 is 0.852 bits per heavy atom. The van der Waals surface area contributed by atoms with Crippen LogP contribution in [0.15, 0.2) is 48.5 Å². The van der Waals surface area contributed by atoms with Crippen molar-refractivity contribution in [1.82, 2.24) is 20.4 Å². The van der Waals surface area contributed by atoms with E-state index in [1.807, 2.05) is 44.7 Å². The number of benzene rings is 3. The maximum Gasteiger partial charge on any atom is 0.262 e. The Balaban J connectivity index is 0.819. The van der Waals surface area contributed by atoms with Crippen LogP contribution in [0.3, 0.4) is 0 Å². The van der Waals surface area contributed by atoms with Crippen LogP contribution < -0.4 is 25.2 Å². The van der Waals surface area contributed by atoms with Gasteiger partial charge in [0.05, 0.1) is 21.7 Å². The highest BCUT2D eigenvalue weighted by atomic mass is 35.5. The molecule has 4 heterocycles. The first kappa shape index (κ1) is 42.1. The van der Waals surface area contributed by atoms with E-state index in [0.29, 0.717) is 49.1 Å². The summed E-state index contributed by atoms with van der Waals surface area (Å²) in [4.78, 5) is 71.5. The van der Waals surface area contributed by atoms with Gasteiger partial charge >= 0.3 is 0 Å². The van der Waals surface area contributed by atoms with Gasteiger partial charge in [-0.2, -0.15) is 5.26 Å². The molecule has 16 heteroatoms. The molecule has 4 aliphatic heterocycles. The zero-order valence-corrected chi connectivity index (χ0v) is 35.3. The van der Waals surface area contributed by atoms with E-state index in [1.54, 1.807) is 30.3 Å². The number of halogens is 3. The predicted octanol–water partition coefficient (Wildman–Crippen LogP) is 5.54. The highest BCUT2D eigenvalue weighted by molar-refractivity contribution is 6.31. The van der Waals surface area contributed by atoms with Gasteiger partial charge in [-0.1, -0.05) is 39.3 Å². The number of piperidine rings is 2. The van der Waals surface area contributed by atoms with Crippen molar-refractivity contribution in [1.29, 1.82) is 5.26 Å². The van der Waals surface area contributed by atoms with Crippen LogP contribution in [0.2, 0.25) is 5.02 Å². The molecule has 1 saturated carbocycles. The summed E-state index contributed by atoms with van der Waals surface area (Å²) in [5.74, 6) is -3.92. The molecule has 0 aromatic heterocycles. The Kier molecular flexibility index (Phi) is 11.1. The number of hydrogen-bond acceptors (Lipinski definition) is 10. The fourth-order valence-electron chi connectivity index (χ4n) is 10.3. The van der Waals surface area contributed by atoms with Crippen LogP contribution in [0, 0.1) is 39.7 Å². The Bertz CT molecular complexity index is 2330. The summed E-state index contributed by atoms with van der Waals surface area (Å²) in [6.07, 6.45) is 1.46. The average Bonchev–Trinajstić information content (AvgIpc) is 3.47. The van der Waals surface area contributed by atoms with E-state index in [2.05, 4.69) is 20.4 Å². The number of rotatable bonds is 9. The zero-order chi connectivity index (χ0) is 43.5. The lowest BCUT2D eigenvalue weighted by Crippen LogP contribution is -2.74. The fourth-order valence-corrected chi connectivity index (χ4v) is 10.6. The number of imide groups is 2. The quantitative estimate of drug-likeness (QED) is 0.262. The van der Waals surface area contributed by atoms with Gasteiger partial charge in [-0.15, -0.1) is 0 Å². The SMILES string of the molecule is CC1(C)[C@H](NC(=O)c2c(F)cc(N3CCC(CN4CCN(c5ccc6c(c5)C(=O)N(C5CCC(=O)NC5=O)C6=O)CC4)CC3)cc2F)C(C)(C)[C@H]1Oc1ccc(C#N)c(Cl)c1. The molecule has 3 aromatic carbocycles. The molecule has 1 unspecified atom stereocenters. The molecule has 0 spiro atoms. The number of anilines is 2. The topological polar surface area (TPSA) is 155 Å². The highest BCUT2D eigenvalue weighted by Gasteiger charge is 2.64. The number of amides is 5. The number of hydrogen-bond donors (Lipinski definition) is 2. The number of nitrogens with one attached hydrogen (secondary N) is 2. The molecule has 3 aromatic rings. The van der Waals surface area contributed by atoms with E-state index in [1.165, 1.54) is 12.1 Å². The second kappa shape index (κ2) is 16.0. The lowest BCUT2D eigenvalue weighted by Gasteiger charge is -2.63. The summed E-state index contributed by atoms with van der Waals surface area (Å²) >= 11 is 6.21. The van der Waals surface area contributed by atoms with Gasteiger partial charge in [0.2, 0.25) is 11.8 Å². The van der Waals surface area contributed by atoms with Crippen molar-refractivity contribution in [3.8, 4) is 11.8 Å².